The van der Waals surface area contributed by atoms with Gasteiger partial charge in [0.15, 0.2) is 5.96 Å². The van der Waals surface area contributed by atoms with Crippen LogP contribution in [0.2, 0.25) is 0 Å². The maximum atomic E-state index is 11.6. The van der Waals surface area contributed by atoms with Crippen LogP contribution < -0.4 is 10.6 Å². The minimum absolute atomic E-state index is 0.00887. The highest BCUT2D eigenvalue weighted by Gasteiger charge is 2.07. The number of nitrogens with one attached hydrogen (secondary N) is 2. The summed E-state index contributed by atoms with van der Waals surface area (Å²) in [5, 5.41) is 10.4. The van der Waals surface area contributed by atoms with Gasteiger partial charge >= 0.3 is 0 Å². The van der Waals surface area contributed by atoms with Crippen LogP contribution in [0.4, 0.5) is 0 Å². The van der Waals surface area contributed by atoms with Gasteiger partial charge in [0, 0.05) is 33.9 Å². The Morgan fingerprint density at radius 1 is 1.43 bits per heavy atom. The van der Waals surface area contributed by atoms with E-state index < -0.39 is 0 Å². The number of carbonyl (C=O) groups excluding carboxylic acids is 1. The fourth-order valence-corrected chi connectivity index (χ4v) is 1.51. The molecule has 0 spiro atoms. The van der Waals surface area contributed by atoms with Crippen molar-refractivity contribution in [1.82, 2.24) is 25.3 Å². The van der Waals surface area contributed by atoms with E-state index in [0.29, 0.717) is 18.4 Å². The van der Waals surface area contributed by atoms with Gasteiger partial charge in [0.2, 0.25) is 5.91 Å². The molecule has 1 heterocycles. The van der Waals surface area contributed by atoms with E-state index in [1.807, 2.05) is 13.1 Å². The van der Waals surface area contributed by atoms with Crippen LogP contribution in [0, 0.1) is 5.92 Å². The van der Waals surface area contributed by atoms with Gasteiger partial charge in [0.25, 0.3) is 0 Å². The zero-order chi connectivity index (χ0) is 15.8. The summed E-state index contributed by atoms with van der Waals surface area (Å²) in [6.45, 7) is 5.78. The normalized spacial score (nSPS) is 11.6. The average molecular weight is 294 g/mol. The van der Waals surface area contributed by atoms with Crippen molar-refractivity contribution in [2.75, 3.05) is 27.2 Å². The summed E-state index contributed by atoms with van der Waals surface area (Å²) in [4.78, 5) is 17.7. The van der Waals surface area contributed by atoms with E-state index in [9.17, 15) is 4.79 Å². The third-order valence-corrected chi connectivity index (χ3v) is 2.91. The Morgan fingerprint density at radius 3 is 2.67 bits per heavy atom. The molecule has 0 aliphatic rings. The summed E-state index contributed by atoms with van der Waals surface area (Å²) < 4.78 is 1.79. The van der Waals surface area contributed by atoms with Crippen molar-refractivity contribution in [2.45, 2.75) is 20.4 Å². The van der Waals surface area contributed by atoms with E-state index in [-0.39, 0.29) is 12.5 Å². The van der Waals surface area contributed by atoms with Gasteiger partial charge < -0.3 is 15.5 Å². The first-order valence-electron chi connectivity index (χ1n) is 7.09. The van der Waals surface area contributed by atoms with Crippen molar-refractivity contribution in [1.29, 1.82) is 0 Å². The van der Waals surface area contributed by atoms with Gasteiger partial charge in [0.05, 0.1) is 18.8 Å². The first kappa shape index (κ1) is 17.0. The number of hydrogen-bond donors (Lipinski definition) is 2. The molecule has 21 heavy (non-hydrogen) atoms. The molecule has 0 unspecified atom stereocenters. The first-order chi connectivity index (χ1) is 9.90. The molecule has 0 aromatic carbocycles. The van der Waals surface area contributed by atoms with Gasteiger partial charge in [-0.3, -0.25) is 9.48 Å². The second-order valence-corrected chi connectivity index (χ2v) is 5.53. The predicted octanol–water partition coefficient (Wildman–Crippen LogP) is 0.200. The molecule has 1 rings (SSSR count). The number of amides is 1. The van der Waals surface area contributed by atoms with Crippen molar-refractivity contribution in [3.05, 3.63) is 18.0 Å². The molecule has 7 nitrogen and oxygen atoms in total. The lowest BCUT2D eigenvalue weighted by molar-refractivity contribution is -0.127. The van der Waals surface area contributed by atoms with E-state index in [0.717, 1.165) is 12.2 Å². The maximum absolute atomic E-state index is 11.6. The van der Waals surface area contributed by atoms with Crippen LogP contribution in [-0.4, -0.2) is 53.7 Å². The molecule has 7 heteroatoms. The van der Waals surface area contributed by atoms with Crippen LogP contribution in [0.1, 0.15) is 19.5 Å². The molecule has 1 aromatic rings. The lowest BCUT2D eigenvalue weighted by Gasteiger charge is -2.16. The minimum Gasteiger partial charge on any atom is -0.356 e. The Bertz CT molecular complexity index is 478. The Morgan fingerprint density at radius 2 is 2.14 bits per heavy atom. The Hall–Kier alpha value is -2.05. The molecule has 1 amide bonds. The highest BCUT2D eigenvalue weighted by Crippen LogP contribution is 1.98. The number of hydrogen-bond acceptors (Lipinski definition) is 3. The molecular weight excluding hydrogens is 268 g/mol. The predicted molar refractivity (Wildman–Crippen MR) is 83.9 cm³/mol. The molecule has 118 valence electrons. The van der Waals surface area contributed by atoms with Gasteiger partial charge in [0.1, 0.15) is 0 Å². The molecule has 0 fully saturated rings. The molecule has 0 aliphatic carbocycles. The largest absolute Gasteiger partial charge is 0.356 e. The fraction of sp³-hybridized carbons (Fsp3) is 0.643. The number of aryl methyl sites for hydroxylation is 1. The SMILES string of the molecule is CC(C)CNC(=NCc1ccnn1C)NCC(=O)N(C)C. The highest BCUT2D eigenvalue weighted by atomic mass is 16.2. The summed E-state index contributed by atoms with van der Waals surface area (Å²) in [6.07, 6.45) is 1.75. The molecule has 0 bridgehead atoms. The molecule has 0 saturated heterocycles. The Labute approximate surface area is 126 Å². The quantitative estimate of drug-likeness (QED) is 0.580. The van der Waals surface area contributed by atoms with Crippen LogP contribution >= 0.6 is 0 Å². The number of aliphatic imine (C=N–C) groups is 1. The van der Waals surface area contributed by atoms with Crippen molar-refractivity contribution < 1.29 is 4.79 Å². The number of guanidine groups is 1. The second kappa shape index (κ2) is 8.28. The van der Waals surface area contributed by atoms with E-state index in [1.165, 1.54) is 0 Å². The van der Waals surface area contributed by atoms with Crippen molar-refractivity contribution in [2.24, 2.45) is 18.0 Å². The van der Waals surface area contributed by atoms with Crippen LogP contribution in [0.15, 0.2) is 17.3 Å². The van der Waals surface area contributed by atoms with E-state index in [2.05, 4.69) is 34.6 Å². The molecule has 0 radical (unpaired) electrons. The Balaban J connectivity index is 2.62. The molecule has 0 atom stereocenters. The topological polar surface area (TPSA) is 74.5 Å². The van der Waals surface area contributed by atoms with Gasteiger partial charge in [-0.15, -0.1) is 0 Å². The zero-order valence-electron chi connectivity index (χ0n) is 13.6. The summed E-state index contributed by atoms with van der Waals surface area (Å²) >= 11 is 0. The van der Waals surface area contributed by atoms with E-state index in [4.69, 9.17) is 0 Å². The fourth-order valence-electron chi connectivity index (χ4n) is 1.51. The van der Waals surface area contributed by atoms with Crippen molar-refractivity contribution in [3.8, 4) is 0 Å². The molecular formula is C14H26N6O. The van der Waals surface area contributed by atoms with Crippen molar-refractivity contribution >= 4 is 11.9 Å². The summed E-state index contributed by atoms with van der Waals surface area (Å²) in [7, 11) is 5.35. The molecule has 0 aliphatic heterocycles. The molecule has 1 aromatic heterocycles. The highest BCUT2D eigenvalue weighted by molar-refractivity contribution is 5.86. The number of nitrogens with zero attached hydrogens (tertiary/aromatic N) is 4. The number of likely N-dealkylation sites (N-methyl/N-ethyl adjacent to an activating group) is 1. The van der Waals surface area contributed by atoms with Gasteiger partial charge in [-0.05, 0) is 12.0 Å². The van der Waals surface area contributed by atoms with Crippen molar-refractivity contribution in [3.63, 3.8) is 0 Å². The van der Waals surface area contributed by atoms with Gasteiger partial charge in [-0.2, -0.15) is 5.10 Å². The number of carbonyl (C=O) groups is 1. The smallest absolute Gasteiger partial charge is 0.241 e. The van der Waals surface area contributed by atoms with Crippen LogP contribution in [0.3, 0.4) is 0 Å². The van der Waals surface area contributed by atoms with Crippen LogP contribution in [-0.2, 0) is 18.4 Å². The lowest BCUT2D eigenvalue weighted by atomic mass is 10.2. The standard InChI is InChI=1S/C14H26N6O/c1-11(2)8-15-14(17-10-13(21)19(3)4)16-9-12-6-7-18-20(12)5/h6-7,11H,8-10H2,1-5H3,(H2,15,16,17). The zero-order valence-corrected chi connectivity index (χ0v) is 13.6. The Kier molecular flexibility index (Phi) is 6.71. The summed E-state index contributed by atoms with van der Waals surface area (Å²) in [5.41, 5.74) is 1.01. The summed E-state index contributed by atoms with van der Waals surface area (Å²) in [6, 6.07) is 1.93. The van der Waals surface area contributed by atoms with Gasteiger partial charge in [-0.1, -0.05) is 13.8 Å². The third-order valence-electron chi connectivity index (χ3n) is 2.91. The van der Waals surface area contributed by atoms with E-state index >= 15 is 0 Å². The maximum Gasteiger partial charge on any atom is 0.241 e. The second-order valence-electron chi connectivity index (χ2n) is 5.53. The van der Waals surface area contributed by atoms with Gasteiger partial charge in [-0.25, -0.2) is 4.99 Å². The molecule has 2 N–H and O–H groups in total. The van der Waals surface area contributed by atoms with E-state index in [1.54, 1.807) is 29.9 Å². The minimum atomic E-state index is 0.00887. The average Bonchev–Trinajstić information content (AvgIpc) is 2.82. The monoisotopic (exact) mass is 294 g/mol. The molecule has 0 saturated carbocycles. The number of rotatable bonds is 6. The van der Waals surface area contributed by atoms with Crippen LogP contribution in [0.5, 0.6) is 0 Å². The van der Waals surface area contributed by atoms with Crippen LogP contribution in [0.25, 0.3) is 0 Å². The third kappa shape index (κ3) is 6.29. The summed E-state index contributed by atoms with van der Waals surface area (Å²) in [5.74, 6) is 1.15. The number of aromatic nitrogens is 2. The first-order valence-corrected chi connectivity index (χ1v) is 7.09. The lowest BCUT2D eigenvalue weighted by Crippen LogP contribution is -2.44.